The van der Waals surface area contributed by atoms with E-state index in [2.05, 4.69) is 5.32 Å². The summed E-state index contributed by atoms with van der Waals surface area (Å²) in [5.41, 5.74) is 5.60. The predicted molar refractivity (Wildman–Crippen MR) is 102 cm³/mol. The SMILES string of the molecule is NC(=O)COc1ccc(/C=C2\C(=O)NC(=O)N(c3ccc(Cl)cc3)C2=O)cc1. The average Bonchev–Trinajstić information content (AvgIpc) is 2.66. The van der Waals surface area contributed by atoms with Gasteiger partial charge in [0.15, 0.2) is 6.61 Å². The number of nitrogens with one attached hydrogen (secondary N) is 1. The van der Waals surface area contributed by atoms with Crippen molar-refractivity contribution in [2.45, 2.75) is 0 Å². The second kappa shape index (κ2) is 7.93. The first kappa shape index (κ1) is 19.1. The second-order valence-electron chi connectivity index (χ2n) is 5.76. The quantitative estimate of drug-likeness (QED) is 0.587. The van der Waals surface area contributed by atoms with Gasteiger partial charge in [-0.15, -0.1) is 0 Å². The number of carbonyl (C=O) groups is 4. The molecule has 0 bridgehead atoms. The topological polar surface area (TPSA) is 119 Å². The van der Waals surface area contributed by atoms with E-state index in [0.717, 1.165) is 4.90 Å². The maximum absolute atomic E-state index is 12.7. The van der Waals surface area contributed by atoms with Gasteiger partial charge in [-0.05, 0) is 48.0 Å². The number of anilines is 1. The van der Waals surface area contributed by atoms with Crippen LogP contribution in [0, 0.1) is 0 Å². The van der Waals surface area contributed by atoms with Gasteiger partial charge in [0.2, 0.25) is 0 Å². The van der Waals surface area contributed by atoms with Crippen LogP contribution < -0.4 is 20.7 Å². The van der Waals surface area contributed by atoms with Gasteiger partial charge in [-0.1, -0.05) is 23.7 Å². The normalized spacial score (nSPS) is 15.5. The average molecular weight is 400 g/mol. The summed E-state index contributed by atoms with van der Waals surface area (Å²) in [6.07, 6.45) is 1.35. The van der Waals surface area contributed by atoms with Crippen molar-refractivity contribution in [3.63, 3.8) is 0 Å². The summed E-state index contributed by atoms with van der Waals surface area (Å²) in [7, 11) is 0. The van der Waals surface area contributed by atoms with Crippen LogP contribution in [0.2, 0.25) is 5.02 Å². The molecule has 1 aliphatic rings. The molecule has 5 amide bonds. The molecule has 1 aliphatic heterocycles. The molecule has 2 aromatic carbocycles. The monoisotopic (exact) mass is 399 g/mol. The first-order valence-electron chi connectivity index (χ1n) is 8.03. The van der Waals surface area contributed by atoms with Gasteiger partial charge in [-0.2, -0.15) is 0 Å². The van der Waals surface area contributed by atoms with Gasteiger partial charge in [0, 0.05) is 5.02 Å². The lowest BCUT2D eigenvalue weighted by atomic mass is 10.1. The molecule has 1 saturated heterocycles. The van der Waals surface area contributed by atoms with Crippen molar-refractivity contribution in [3.05, 3.63) is 64.7 Å². The van der Waals surface area contributed by atoms with E-state index in [1.54, 1.807) is 24.3 Å². The molecule has 0 spiro atoms. The number of imide groups is 2. The zero-order valence-electron chi connectivity index (χ0n) is 14.3. The summed E-state index contributed by atoms with van der Waals surface area (Å²) in [4.78, 5) is 48.6. The fraction of sp³-hybridized carbons (Fsp3) is 0.0526. The number of nitrogens with zero attached hydrogens (tertiary/aromatic N) is 1. The minimum absolute atomic E-state index is 0.208. The molecule has 8 nitrogen and oxygen atoms in total. The molecule has 0 aliphatic carbocycles. The number of barbiturate groups is 1. The van der Waals surface area contributed by atoms with Gasteiger partial charge in [-0.25, -0.2) is 9.69 Å². The predicted octanol–water partition coefficient (Wildman–Crippen LogP) is 1.87. The third kappa shape index (κ3) is 4.18. The van der Waals surface area contributed by atoms with E-state index in [9.17, 15) is 19.2 Å². The maximum Gasteiger partial charge on any atom is 0.335 e. The molecular formula is C19H14ClN3O5. The van der Waals surface area contributed by atoms with Crippen LogP contribution in [0.15, 0.2) is 54.1 Å². The van der Waals surface area contributed by atoms with Crippen LogP contribution in [0.3, 0.4) is 0 Å². The standard InChI is InChI=1S/C19H14ClN3O5/c20-12-3-5-13(6-4-12)23-18(26)15(17(25)22-19(23)27)9-11-1-7-14(8-2-11)28-10-16(21)24/h1-9H,10H2,(H2,21,24)(H,22,25,27)/b15-9+. The Morgan fingerprint density at radius 1 is 1.07 bits per heavy atom. The number of carbonyl (C=O) groups excluding carboxylic acids is 4. The first-order valence-corrected chi connectivity index (χ1v) is 8.41. The number of amides is 5. The van der Waals surface area contributed by atoms with E-state index in [-0.39, 0.29) is 17.9 Å². The Balaban J connectivity index is 1.86. The van der Waals surface area contributed by atoms with Crippen LogP contribution in [-0.4, -0.2) is 30.4 Å². The number of primary amides is 1. The number of nitrogens with two attached hydrogens (primary N) is 1. The Labute approximate surface area is 164 Å². The molecule has 9 heteroatoms. The fourth-order valence-electron chi connectivity index (χ4n) is 2.46. The van der Waals surface area contributed by atoms with Gasteiger partial charge >= 0.3 is 6.03 Å². The van der Waals surface area contributed by atoms with Crippen molar-refractivity contribution in [2.75, 3.05) is 11.5 Å². The number of rotatable bonds is 5. The van der Waals surface area contributed by atoms with Crippen molar-refractivity contribution >= 4 is 47.1 Å². The molecule has 0 saturated carbocycles. The molecule has 0 atom stereocenters. The van der Waals surface area contributed by atoms with Crippen molar-refractivity contribution < 1.29 is 23.9 Å². The molecule has 3 N–H and O–H groups in total. The second-order valence-corrected chi connectivity index (χ2v) is 6.19. The maximum atomic E-state index is 12.7. The lowest BCUT2D eigenvalue weighted by molar-refractivity contribution is -0.123. The van der Waals surface area contributed by atoms with Crippen LogP contribution in [-0.2, 0) is 14.4 Å². The highest BCUT2D eigenvalue weighted by Gasteiger charge is 2.36. The smallest absolute Gasteiger partial charge is 0.335 e. The van der Waals surface area contributed by atoms with Gasteiger partial charge in [-0.3, -0.25) is 19.7 Å². The van der Waals surface area contributed by atoms with Crippen molar-refractivity contribution in [1.82, 2.24) is 5.32 Å². The number of hydrogen-bond donors (Lipinski definition) is 2. The molecule has 0 radical (unpaired) electrons. The molecule has 1 heterocycles. The number of ether oxygens (including phenoxy) is 1. The van der Waals surface area contributed by atoms with Crippen molar-refractivity contribution in [1.29, 1.82) is 0 Å². The number of halogens is 1. The minimum atomic E-state index is -0.843. The number of benzene rings is 2. The molecule has 1 fully saturated rings. The van der Waals surface area contributed by atoms with Crippen molar-refractivity contribution in [3.8, 4) is 5.75 Å². The third-order valence-corrected chi connectivity index (χ3v) is 4.01. The summed E-state index contributed by atoms with van der Waals surface area (Å²) in [5.74, 6) is -1.76. The van der Waals surface area contributed by atoms with Gasteiger partial charge in [0.25, 0.3) is 17.7 Å². The highest BCUT2D eigenvalue weighted by molar-refractivity contribution is 6.39. The third-order valence-electron chi connectivity index (χ3n) is 3.76. The van der Waals surface area contributed by atoms with Crippen molar-refractivity contribution in [2.24, 2.45) is 5.73 Å². The Morgan fingerprint density at radius 2 is 1.71 bits per heavy atom. The van der Waals surface area contributed by atoms with E-state index in [1.807, 2.05) is 0 Å². The van der Waals surface area contributed by atoms with E-state index < -0.39 is 23.8 Å². The number of urea groups is 1. The van der Waals surface area contributed by atoms with Crippen LogP contribution in [0.5, 0.6) is 5.75 Å². The molecule has 2 aromatic rings. The van der Waals surface area contributed by atoms with E-state index >= 15 is 0 Å². The lowest BCUT2D eigenvalue weighted by Gasteiger charge is -2.26. The first-order chi connectivity index (χ1) is 13.3. The van der Waals surface area contributed by atoms with Gasteiger partial charge in [0.1, 0.15) is 11.3 Å². The minimum Gasteiger partial charge on any atom is -0.484 e. The van der Waals surface area contributed by atoms with Gasteiger partial charge in [0.05, 0.1) is 5.69 Å². The zero-order valence-corrected chi connectivity index (χ0v) is 15.1. The molecule has 0 aromatic heterocycles. The molecule has 0 unspecified atom stereocenters. The highest BCUT2D eigenvalue weighted by Crippen LogP contribution is 2.24. The van der Waals surface area contributed by atoms with E-state index in [1.165, 1.54) is 30.3 Å². The van der Waals surface area contributed by atoms with Crippen LogP contribution in [0.25, 0.3) is 6.08 Å². The Morgan fingerprint density at radius 3 is 2.32 bits per heavy atom. The summed E-state index contributed by atoms with van der Waals surface area (Å²) in [6.45, 7) is -0.264. The largest absolute Gasteiger partial charge is 0.484 e. The summed E-state index contributed by atoms with van der Waals surface area (Å²) in [6, 6.07) is 11.5. The Bertz CT molecular complexity index is 984. The van der Waals surface area contributed by atoms with Crippen LogP contribution in [0.1, 0.15) is 5.56 Å². The Kier molecular flexibility index (Phi) is 5.42. The van der Waals surface area contributed by atoms with Crippen LogP contribution in [0.4, 0.5) is 10.5 Å². The molecule has 3 rings (SSSR count). The summed E-state index contributed by atoms with van der Waals surface area (Å²) >= 11 is 5.83. The summed E-state index contributed by atoms with van der Waals surface area (Å²) in [5, 5.41) is 2.58. The zero-order chi connectivity index (χ0) is 20.3. The number of hydrogen-bond acceptors (Lipinski definition) is 5. The van der Waals surface area contributed by atoms with E-state index in [4.69, 9.17) is 22.1 Å². The molecule has 142 valence electrons. The Hall–Kier alpha value is -3.65. The van der Waals surface area contributed by atoms with E-state index in [0.29, 0.717) is 16.3 Å². The highest BCUT2D eigenvalue weighted by atomic mass is 35.5. The van der Waals surface area contributed by atoms with Gasteiger partial charge < -0.3 is 10.5 Å². The molecule has 28 heavy (non-hydrogen) atoms. The molecular weight excluding hydrogens is 386 g/mol. The fourth-order valence-corrected chi connectivity index (χ4v) is 2.59. The van der Waals surface area contributed by atoms with Crippen LogP contribution >= 0.6 is 11.6 Å². The lowest BCUT2D eigenvalue weighted by Crippen LogP contribution is -2.54. The summed E-state index contributed by atoms with van der Waals surface area (Å²) < 4.78 is 5.15.